The third-order valence-electron chi connectivity index (χ3n) is 3.26. The third kappa shape index (κ3) is 1.82. The van der Waals surface area contributed by atoms with Crippen LogP contribution in [-0.2, 0) is 11.5 Å². The van der Waals surface area contributed by atoms with Gasteiger partial charge in [0.2, 0.25) is 0 Å². The molecule has 0 unspecified atom stereocenters. The lowest BCUT2D eigenvalue weighted by Crippen LogP contribution is -2.47. The second kappa shape index (κ2) is 4.51. The summed E-state index contributed by atoms with van der Waals surface area (Å²) < 4.78 is 6.65. The largest absolute Gasteiger partial charge is 0.508 e. The normalized spacial score (nSPS) is 13.7. The Bertz CT molecular complexity index is 821. The van der Waals surface area contributed by atoms with Crippen molar-refractivity contribution in [3.8, 4) is 5.75 Å². The third-order valence-corrected chi connectivity index (χ3v) is 3.26. The number of phenolic OH excluding ortho intramolecular Hbond substituents is 1. The Morgan fingerprint density at radius 3 is 3.11 bits per heavy atom. The number of benzene rings is 1. The van der Waals surface area contributed by atoms with Gasteiger partial charge in [-0.2, -0.15) is 0 Å². The summed E-state index contributed by atoms with van der Waals surface area (Å²) in [4.78, 5) is 16.9. The number of aromatic hydroxyl groups is 1. The zero-order chi connectivity index (χ0) is 13.4. The van der Waals surface area contributed by atoms with Crippen LogP contribution < -0.4 is 16.1 Å². The summed E-state index contributed by atoms with van der Waals surface area (Å²) in [6, 6.07) is 4.92. The molecule has 5 nitrogen and oxygen atoms in total. The average molecular weight is 258 g/mol. The van der Waals surface area contributed by atoms with Gasteiger partial charge in [0.05, 0.1) is 16.1 Å². The van der Waals surface area contributed by atoms with Gasteiger partial charge in [-0.05, 0) is 24.6 Å². The van der Waals surface area contributed by atoms with Crippen molar-refractivity contribution in [2.75, 3.05) is 13.7 Å². The minimum atomic E-state index is -0.0986. The van der Waals surface area contributed by atoms with Crippen LogP contribution in [0.1, 0.15) is 6.42 Å². The fourth-order valence-electron chi connectivity index (χ4n) is 2.45. The van der Waals surface area contributed by atoms with Crippen LogP contribution in [0.25, 0.3) is 17.0 Å². The van der Waals surface area contributed by atoms with E-state index in [1.165, 1.54) is 0 Å². The first kappa shape index (κ1) is 11.9. The number of methoxy groups -OCH3 is 1. The molecule has 2 heterocycles. The van der Waals surface area contributed by atoms with Gasteiger partial charge in [0.1, 0.15) is 12.5 Å². The lowest BCUT2D eigenvalue weighted by Gasteiger charge is -2.12. The minimum Gasteiger partial charge on any atom is -0.508 e. The maximum atomic E-state index is 12.4. The Labute approximate surface area is 109 Å². The lowest BCUT2D eigenvalue weighted by atomic mass is 10.1. The Morgan fingerprint density at radius 2 is 2.32 bits per heavy atom. The highest BCUT2D eigenvalue weighted by molar-refractivity contribution is 5.80. The molecular weight excluding hydrogens is 244 g/mol. The summed E-state index contributed by atoms with van der Waals surface area (Å²) >= 11 is 0. The van der Waals surface area contributed by atoms with Gasteiger partial charge in [-0.25, -0.2) is 0 Å². The Morgan fingerprint density at radius 1 is 1.47 bits per heavy atom. The van der Waals surface area contributed by atoms with Gasteiger partial charge in [0.25, 0.3) is 5.56 Å². The van der Waals surface area contributed by atoms with E-state index in [0.717, 1.165) is 17.3 Å². The first-order chi connectivity index (χ1) is 9.22. The van der Waals surface area contributed by atoms with Crippen molar-refractivity contribution in [3.05, 3.63) is 39.1 Å². The predicted molar refractivity (Wildman–Crippen MR) is 71.6 cm³/mol. The molecule has 0 saturated heterocycles. The molecule has 19 heavy (non-hydrogen) atoms. The Balaban J connectivity index is 2.57. The van der Waals surface area contributed by atoms with Crippen LogP contribution in [-0.4, -0.2) is 23.3 Å². The molecule has 1 aromatic heterocycles. The zero-order valence-electron chi connectivity index (χ0n) is 10.6. The van der Waals surface area contributed by atoms with Crippen molar-refractivity contribution < 1.29 is 9.84 Å². The van der Waals surface area contributed by atoms with Crippen LogP contribution in [0, 0.1) is 0 Å². The molecule has 0 atom stereocenters. The van der Waals surface area contributed by atoms with Crippen LogP contribution in [0.5, 0.6) is 5.75 Å². The molecule has 0 aliphatic carbocycles. The quantitative estimate of drug-likeness (QED) is 0.832. The van der Waals surface area contributed by atoms with Crippen molar-refractivity contribution in [1.29, 1.82) is 0 Å². The van der Waals surface area contributed by atoms with Crippen LogP contribution in [0.15, 0.2) is 28.0 Å². The van der Waals surface area contributed by atoms with Gasteiger partial charge in [-0.1, -0.05) is 6.08 Å². The topological polar surface area (TPSA) is 63.8 Å². The molecule has 5 heteroatoms. The maximum absolute atomic E-state index is 12.4. The molecule has 0 spiro atoms. The molecule has 1 N–H and O–H groups in total. The number of pyridine rings is 1. The number of hydrogen-bond donors (Lipinski definition) is 1. The number of hydrogen-bond acceptors (Lipinski definition) is 4. The van der Waals surface area contributed by atoms with E-state index in [0.29, 0.717) is 17.1 Å². The molecule has 0 fully saturated rings. The lowest BCUT2D eigenvalue weighted by molar-refractivity contribution is 0.131. The molecule has 0 bridgehead atoms. The highest BCUT2D eigenvalue weighted by Crippen LogP contribution is 2.15. The number of aromatic nitrogens is 1. The number of ether oxygens (including phenoxy) is 1. The van der Waals surface area contributed by atoms with Crippen LogP contribution in [0.4, 0.5) is 0 Å². The minimum absolute atomic E-state index is 0.0986. The van der Waals surface area contributed by atoms with Gasteiger partial charge in [-0.3, -0.25) is 14.4 Å². The summed E-state index contributed by atoms with van der Waals surface area (Å²) in [6.07, 6.45) is 2.67. The molecule has 0 saturated carbocycles. The van der Waals surface area contributed by atoms with E-state index in [4.69, 9.17) is 4.74 Å². The van der Waals surface area contributed by atoms with Gasteiger partial charge < -0.3 is 9.84 Å². The number of nitrogens with zero attached hydrogens (tertiary/aromatic N) is 2. The average Bonchev–Trinajstić information content (AvgIpc) is 2.44. The van der Waals surface area contributed by atoms with Crippen molar-refractivity contribution in [2.24, 2.45) is 4.99 Å². The van der Waals surface area contributed by atoms with Gasteiger partial charge >= 0.3 is 0 Å². The molecule has 0 radical (unpaired) electrons. The second-order valence-electron chi connectivity index (χ2n) is 4.49. The summed E-state index contributed by atoms with van der Waals surface area (Å²) in [7, 11) is 1.55. The molecule has 2 aromatic rings. The SMILES string of the molecule is COCn1c(=O)c2c(c3cc(O)ccc31)=NCCC=2. The molecule has 1 aliphatic rings. The van der Waals surface area contributed by atoms with Crippen molar-refractivity contribution >= 4 is 17.0 Å². The van der Waals surface area contributed by atoms with Gasteiger partial charge in [0, 0.05) is 19.0 Å². The first-order valence-electron chi connectivity index (χ1n) is 6.11. The monoisotopic (exact) mass is 258 g/mol. The van der Waals surface area contributed by atoms with E-state index in [1.54, 1.807) is 29.9 Å². The highest BCUT2D eigenvalue weighted by Gasteiger charge is 2.11. The molecule has 1 aromatic carbocycles. The smallest absolute Gasteiger partial charge is 0.262 e. The fraction of sp³-hybridized carbons (Fsp3) is 0.286. The first-order valence-corrected chi connectivity index (χ1v) is 6.11. The summed E-state index contributed by atoms with van der Waals surface area (Å²) in [6.45, 7) is 0.854. The van der Waals surface area contributed by atoms with E-state index in [1.807, 2.05) is 6.08 Å². The van der Waals surface area contributed by atoms with Crippen molar-refractivity contribution in [2.45, 2.75) is 13.2 Å². The Kier molecular flexibility index (Phi) is 2.83. The van der Waals surface area contributed by atoms with E-state index >= 15 is 0 Å². The number of fused-ring (bicyclic) bond motifs is 3. The second-order valence-corrected chi connectivity index (χ2v) is 4.49. The molecular formula is C14H14N2O3. The maximum Gasteiger partial charge on any atom is 0.262 e. The van der Waals surface area contributed by atoms with E-state index in [9.17, 15) is 9.90 Å². The Hall–Kier alpha value is -2.14. The molecule has 98 valence electrons. The van der Waals surface area contributed by atoms with Crippen LogP contribution in [0.2, 0.25) is 0 Å². The van der Waals surface area contributed by atoms with Gasteiger partial charge in [0.15, 0.2) is 0 Å². The molecule has 1 aliphatic heterocycles. The van der Waals surface area contributed by atoms with E-state index in [2.05, 4.69) is 4.99 Å². The number of phenols is 1. The zero-order valence-corrected chi connectivity index (χ0v) is 10.6. The summed E-state index contributed by atoms with van der Waals surface area (Å²) in [5.41, 5.74) is 0.626. The molecule has 0 amide bonds. The van der Waals surface area contributed by atoms with E-state index in [-0.39, 0.29) is 18.0 Å². The fourth-order valence-corrected chi connectivity index (χ4v) is 2.45. The molecule has 3 rings (SSSR count). The van der Waals surface area contributed by atoms with Crippen molar-refractivity contribution in [3.63, 3.8) is 0 Å². The van der Waals surface area contributed by atoms with Gasteiger partial charge in [-0.15, -0.1) is 0 Å². The summed E-state index contributed by atoms with van der Waals surface area (Å²) in [5.74, 6) is 0.165. The van der Waals surface area contributed by atoms with Crippen LogP contribution in [0.3, 0.4) is 0 Å². The standard InChI is InChI=1S/C14H14N2O3/c1-19-8-16-12-5-4-9(17)7-11(12)13-10(14(16)18)3-2-6-15-13/h3-5,7,17H,2,6,8H2,1H3. The van der Waals surface area contributed by atoms with Crippen molar-refractivity contribution in [1.82, 2.24) is 4.57 Å². The van der Waals surface area contributed by atoms with E-state index < -0.39 is 0 Å². The number of rotatable bonds is 2. The summed E-state index contributed by atoms with van der Waals surface area (Å²) in [5, 5.41) is 11.7. The highest BCUT2D eigenvalue weighted by atomic mass is 16.5. The van der Waals surface area contributed by atoms with Crippen LogP contribution >= 0.6 is 0 Å². The predicted octanol–water partition coefficient (Wildman–Crippen LogP) is 0.115.